The molecule has 1 aliphatic rings. The molecule has 4 rings (SSSR count). The lowest BCUT2D eigenvalue weighted by atomic mass is 9.96. The Balaban J connectivity index is 1.86. The number of hydrogen-bond donors (Lipinski definition) is 2. The lowest BCUT2D eigenvalue weighted by Crippen LogP contribution is -2.29. The van der Waals surface area contributed by atoms with Crippen LogP contribution in [0.15, 0.2) is 59.8 Å². The molecule has 148 valence electrons. The van der Waals surface area contributed by atoms with Gasteiger partial charge in [-0.2, -0.15) is 4.98 Å². The lowest BCUT2D eigenvalue weighted by molar-refractivity contribution is -0.139. The summed E-state index contributed by atoms with van der Waals surface area (Å²) < 4.78 is 7.00. The van der Waals surface area contributed by atoms with Crippen LogP contribution in [0.5, 0.6) is 5.75 Å². The molecule has 3 aromatic rings. The van der Waals surface area contributed by atoms with Gasteiger partial charge in [0.2, 0.25) is 5.95 Å². The van der Waals surface area contributed by atoms with Crippen LogP contribution in [-0.2, 0) is 9.53 Å². The number of benzene rings is 2. The summed E-state index contributed by atoms with van der Waals surface area (Å²) in [7, 11) is 0. The molecule has 2 aromatic carbocycles. The van der Waals surface area contributed by atoms with Gasteiger partial charge >= 0.3 is 5.97 Å². The highest BCUT2D eigenvalue weighted by Crippen LogP contribution is 2.37. The summed E-state index contributed by atoms with van der Waals surface area (Å²) in [6, 6.07) is 14.2. The largest absolute Gasteiger partial charge is 0.508 e. The standard InChI is InChI=1S/C22H22N4O3/c1-4-29-21(28)18-14(3)23-22-24-20(16-7-5-6-13(2)12-16)25-26(22)19(18)15-8-10-17(27)11-9-15/h5-12,19,27H,4H2,1-3H3,(H,23,24,25). The minimum atomic E-state index is -0.517. The van der Waals surface area contributed by atoms with Gasteiger partial charge in [0.05, 0.1) is 12.2 Å². The second-order valence-corrected chi connectivity index (χ2v) is 6.95. The fraction of sp³-hybridized carbons (Fsp3) is 0.227. The number of rotatable bonds is 4. The van der Waals surface area contributed by atoms with Crippen molar-refractivity contribution in [2.75, 3.05) is 11.9 Å². The van der Waals surface area contributed by atoms with Crippen LogP contribution in [-0.4, -0.2) is 32.4 Å². The van der Waals surface area contributed by atoms with Crippen molar-refractivity contribution in [1.82, 2.24) is 14.8 Å². The molecule has 0 saturated heterocycles. The Morgan fingerprint density at radius 3 is 2.66 bits per heavy atom. The molecule has 29 heavy (non-hydrogen) atoms. The van der Waals surface area contributed by atoms with Gasteiger partial charge in [-0.1, -0.05) is 35.9 Å². The van der Waals surface area contributed by atoms with E-state index in [1.54, 1.807) is 35.9 Å². The van der Waals surface area contributed by atoms with Gasteiger partial charge in [-0.3, -0.25) is 0 Å². The number of ether oxygens (including phenoxy) is 1. The Labute approximate surface area is 168 Å². The van der Waals surface area contributed by atoms with E-state index in [0.717, 1.165) is 16.7 Å². The Morgan fingerprint density at radius 1 is 1.21 bits per heavy atom. The smallest absolute Gasteiger partial charge is 0.338 e. The quantitative estimate of drug-likeness (QED) is 0.659. The van der Waals surface area contributed by atoms with Crippen LogP contribution in [0, 0.1) is 6.92 Å². The number of esters is 1. The topological polar surface area (TPSA) is 89.3 Å². The summed E-state index contributed by atoms with van der Waals surface area (Å²) in [5, 5.41) is 17.6. The average Bonchev–Trinajstić information content (AvgIpc) is 3.11. The molecular formula is C22H22N4O3. The van der Waals surface area contributed by atoms with Gasteiger partial charge < -0.3 is 15.2 Å². The van der Waals surface area contributed by atoms with E-state index in [1.165, 1.54) is 0 Å². The van der Waals surface area contributed by atoms with E-state index in [4.69, 9.17) is 9.84 Å². The summed E-state index contributed by atoms with van der Waals surface area (Å²) >= 11 is 0. The molecule has 1 unspecified atom stereocenters. The average molecular weight is 390 g/mol. The number of nitrogens with zero attached hydrogens (tertiary/aromatic N) is 3. The van der Waals surface area contributed by atoms with Crippen molar-refractivity contribution in [3.8, 4) is 17.1 Å². The van der Waals surface area contributed by atoms with E-state index in [0.29, 0.717) is 23.0 Å². The molecule has 2 heterocycles. The van der Waals surface area contributed by atoms with Crippen molar-refractivity contribution < 1.29 is 14.6 Å². The van der Waals surface area contributed by atoms with Crippen LogP contribution in [0.3, 0.4) is 0 Å². The summed E-state index contributed by atoms with van der Waals surface area (Å²) in [6.07, 6.45) is 0. The van der Waals surface area contributed by atoms with Gasteiger partial charge in [0.15, 0.2) is 5.82 Å². The van der Waals surface area contributed by atoms with Gasteiger partial charge in [-0.15, -0.1) is 5.10 Å². The number of anilines is 1. The molecule has 2 N–H and O–H groups in total. The molecule has 0 bridgehead atoms. The molecule has 0 spiro atoms. The van der Waals surface area contributed by atoms with E-state index < -0.39 is 12.0 Å². The normalized spacial score (nSPS) is 15.6. The highest BCUT2D eigenvalue weighted by Gasteiger charge is 2.35. The predicted octanol–water partition coefficient (Wildman–Crippen LogP) is 3.81. The Hall–Kier alpha value is -3.61. The monoisotopic (exact) mass is 390 g/mol. The van der Waals surface area contributed by atoms with Gasteiger partial charge in [0.1, 0.15) is 11.8 Å². The molecule has 1 atom stereocenters. The Bertz CT molecular complexity index is 1100. The summed E-state index contributed by atoms with van der Waals surface area (Å²) in [5.41, 5.74) is 3.94. The van der Waals surface area contributed by atoms with E-state index in [2.05, 4.69) is 10.3 Å². The van der Waals surface area contributed by atoms with Crippen molar-refractivity contribution in [2.24, 2.45) is 0 Å². The number of aromatic hydroxyl groups is 1. The Kier molecular flexibility index (Phi) is 4.80. The molecule has 0 amide bonds. The number of fused-ring (bicyclic) bond motifs is 1. The predicted molar refractivity (Wildman–Crippen MR) is 109 cm³/mol. The zero-order valence-electron chi connectivity index (χ0n) is 16.5. The van der Waals surface area contributed by atoms with Crippen molar-refractivity contribution in [3.05, 3.63) is 70.9 Å². The third-order valence-electron chi connectivity index (χ3n) is 4.83. The van der Waals surface area contributed by atoms with E-state index >= 15 is 0 Å². The maximum Gasteiger partial charge on any atom is 0.338 e. The lowest BCUT2D eigenvalue weighted by Gasteiger charge is -2.28. The van der Waals surface area contributed by atoms with Crippen LogP contribution < -0.4 is 5.32 Å². The second kappa shape index (κ2) is 7.43. The first-order valence-electron chi connectivity index (χ1n) is 9.45. The van der Waals surface area contributed by atoms with Crippen LogP contribution in [0.1, 0.15) is 31.0 Å². The molecule has 7 heteroatoms. The molecule has 1 aromatic heterocycles. The van der Waals surface area contributed by atoms with Crippen LogP contribution in [0.4, 0.5) is 5.95 Å². The number of aromatic nitrogens is 3. The van der Waals surface area contributed by atoms with Crippen molar-refractivity contribution in [3.63, 3.8) is 0 Å². The number of carbonyl (C=O) groups excluding carboxylic acids is 1. The highest BCUT2D eigenvalue weighted by atomic mass is 16.5. The fourth-order valence-electron chi connectivity index (χ4n) is 3.50. The zero-order chi connectivity index (χ0) is 20.5. The number of aryl methyl sites for hydroxylation is 1. The molecule has 0 radical (unpaired) electrons. The molecule has 1 aliphatic heterocycles. The van der Waals surface area contributed by atoms with Crippen LogP contribution in [0.25, 0.3) is 11.4 Å². The third-order valence-corrected chi connectivity index (χ3v) is 4.83. The fourth-order valence-corrected chi connectivity index (χ4v) is 3.50. The van der Waals surface area contributed by atoms with E-state index in [-0.39, 0.29) is 12.4 Å². The number of phenolic OH excluding ortho intramolecular Hbond substituents is 1. The molecular weight excluding hydrogens is 368 g/mol. The minimum Gasteiger partial charge on any atom is -0.508 e. The van der Waals surface area contributed by atoms with Crippen molar-refractivity contribution in [2.45, 2.75) is 26.8 Å². The van der Waals surface area contributed by atoms with Crippen LogP contribution >= 0.6 is 0 Å². The summed E-state index contributed by atoms with van der Waals surface area (Å²) in [6.45, 7) is 5.89. The van der Waals surface area contributed by atoms with Crippen molar-refractivity contribution >= 4 is 11.9 Å². The molecule has 0 fully saturated rings. The maximum absolute atomic E-state index is 12.8. The van der Waals surface area contributed by atoms with Gasteiger partial charge in [0, 0.05) is 11.3 Å². The second-order valence-electron chi connectivity index (χ2n) is 6.95. The third kappa shape index (κ3) is 3.47. The van der Waals surface area contributed by atoms with Crippen molar-refractivity contribution in [1.29, 1.82) is 0 Å². The minimum absolute atomic E-state index is 0.153. The summed E-state index contributed by atoms with van der Waals surface area (Å²) in [4.78, 5) is 17.4. The number of phenols is 1. The van der Waals surface area contributed by atoms with E-state index in [9.17, 15) is 9.90 Å². The Morgan fingerprint density at radius 2 is 1.97 bits per heavy atom. The SMILES string of the molecule is CCOC(=O)C1=C(C)Nc2nc(-c3cccc(C)c3)nn2C1c1ccc(O)cc1. The number of nitrogens with one attached hydrogen (secondary N) is 1. The first-order chi connectivity index (χ1) is 14.0. The van der Waals surface area contributed by atoms with Gasteiger partial charge in [-0.25, -0.2) is 9.48 Å². The number of allylic oxidation sites excluding steroid dienone is 1. The number of carbonyl (C=O) groups is 1. The molecule has 0 aliphatic carbocycles. The zero-order valence-corrected chi connectivity index (χ0v) is 16.5. The molecule has 7 nitrogen and oxygen atoms in total. The summed E-state index contributed by atoms with van der Waals surface area (Å²) in [5.74, 6) is 0.859. The first kappa shape index (κ1) is 18.7. The first-order valence-corrected chi connectivity index (χ1v) is 9.45. The number of hydrogen-bond acceptors (Lipinski definition) is 6. The van der Waals surface area contributed by atoms with Gasteiger partial charge in [0.25, 0.3) is 0 Å². The maximum atomic E-state index is 12.8. The van der Waals surface area contributed by atoms with Crippen LogP contribution in [0.2, 0.25) is 0 Å². The van der Waals surface area contributed by atoms with Gasteiger partial charge in [-0.05, 0) is 44.5 Å². The van der Waals surface area contributed by atoms with E-state index in [1.807, 2.05) is 38.1 Å². The molecule has 0 saturated carbocycles. The highest BCUT2D eigenvalue weighted by molar-refractivity contribution is 5.92.